The minimum atomic E-state index is -5.01. The van der Waals surface area contributed by atoms with Crippen molar-refractivity contribution in [3.8, 4) is 0 Å². The highest BCUT2D eigenvalue weighted by atomic mass is 19.4. The van der Waals surface area contributed by atoms with Crippen LogP contribution in [0.3, 0.4) is 0 Å². The van der Waals surface area contributed by atoms with Crippen LogP contribution < -0.4 is 0 Å². The van der Waals surface area contributed by atoms with Crippen LogP contribution in [0.4, 0.5) is 30.7 Å². The molecule has 2 heterocycles. The first kappa shape index (κ1) is 23.9. The molecule has 11 heteroatoms. The van der Waals surface area contributed by atoms with Gasteiger partial charge in [0.25, 0.3) is 5.91 Å². The molecule has 4 rings (SSSR count). The smallest absolute Gasteiger partial charge is 0.364 e. The average Bonchev–Trinajstić information content (AvgIpc) is 3.22. The number of fused-ring (bicyclic) bond motifs is 1. The van der Waals surface area contributed by atoms with Gasteiger partial charge in [0.15, 0.2) is 0 Å². The Morgan fingerprint density at radius 1 is 0.941 bits per heavy atom. The molecule has 0 N–H and O–H groups in total. The summed E-state index contributed by atoms with van der Waals surface area (Å²) in [5.74, 6) is -1.99. The van der Waals surface area contributed by atoms with Crippen molar-refractivity contribution < 1.29 is 45.1 Å². The van der Waals surface area contributed by atoms with Crippen molar-refractivity contribution in [1.29, 1.82) is 0 Å². The van der Waals surface area contributed by atoms with Crippen LogP contribution in [0, 0.1) is 5.82 Å². The van der Waals surface area contributed by atoms with Crippen LogP contribution in [-0.4, -0.2) is 29.2 Å². The first-order chi connectivity index (χ1) is 15.8. The van der Waals surface area contributed by atoms with Crippen LogP contribution in [0.15, 0.2) is 48.2 Å². The summed E-state index contributed by atoms with van der Waals surface area (Å²) >= 11 is 0. The molecular formula is C23H16F7NO3. The van der Waals surface area contributed by atoms with Crippen molar-refractivity contribution >= 4 is 17.3 Å². The van der Waals surface area contributed by atoms with E-state index in [1.807, 2.05) is 0 Å². The van der Waals surface area contributed by atoms with Crippen LogP contribution in [0.1, 0.15) is 41.7 Å². The summed E-state index contributed by atoms with van der Waals surface area (Å²) in [6.45, 7) is 1.14. The third-order valence-corrected chi connectivity index (χ3v) is 5.72. The van der Waals surface area contributed by atoms with Gasteiger partial charge in [-0.05, 0) is 48.4 Å². The highest BCUT2D eigenvalue weighted by Crippen LogP contribution is 2.42. The molecule has 0 unspecified atom stereocenters. The lowest BCUT2D eigenvalue weighted by atomic mass is 9.98. The standard InChI is InChI=1S/C23H16F7NO3/c1-11(13-6-14(22(25,26)27)8-15(7-13)23(28,29)30)34-19-10-31-17(9-18(32)21(31)33)20(19)12-2-4-16(24)5-3-12/h2-8,11,19H,9-10H2,1H3/t11-,19+/m1/s1. The molecule has 2 atom stereocenters. The molecule has 2 aromatic rings. The van der Waals surface area contributed by atoms with E-state index < -0.39 is 53.2 Å². The summed E-state index contributed by atoms with van der Waals surface area (Å²) in [5, 5.41) is 0. The van der Waals surface area contributed by atoms with Gasteiger partial charge < -0.3 is 9.64 Å². The van der Waals surface area contributed by atoms with Gasteiger partial charge in [-0.2, -0.15) is 26.3 Å². The van der Waals surface area contributed by atoms with Crippen molar-refractivity contribution in [2.45, 2.75) is 37.9 Å². The second-order valence-electron chi connectivity index (χ2n) is 7.99. The van der Waals surface area contributed by atoms with Crippen LogP contribution >= 0.6 is 0 Å². The molecule has 1 amide bonds. The molecule has 0 aromatic heterocycles. The zero-order valence-corrected chi connectivity index (χ0v) is 17.4. The van der Waals surface area contributed by atoms with Gasteiger partial charge in [0.2, 0.25) is 5.78 Å². The number of benzene rings is 2. The lowest BCUT2D eigenvalue weighted by Crippen LogP contribution is -2.30. The van der Waals surface area contributed by atoms with Gasteiger partial charge in [-0.1, -0.05) is 12.1 Å². The number of carbonyl (C=O) groups excluding carboxylic acids is 2. The molecule has 4 nitrogen and oxygen atoms in total. The van der Waals surface area contributed by atoms with E-state index in [0.29, 0.717) is 29.0 Å². The zero-order valence-electron chi connectivity index (χ0n) is 17.4. The Morgan fingerprint density at radius 3 is 2.03 bits per heavy atom. The average molecular weight is 487 g/mol. The molecule has 2 aliphatic rings. The van der Waals surface area contributed by atoms with E-state index in [-0.39, 0.29) is 24.6 Å². The summed E-state index contributed by atoms with van der Waals surface area (Å²) in [6, 6.07) is 6.26. The molecule has 34 heavy (non-hydrogen) atoms. The minimum absolute atomic E-state index is 0.0259. The lowest BCUT2D eigenvalue weighted by Gasteiger charge is -2.24. The largest absolute Gasteiger partial charge is 0.416 e. The third kappa shape index (κ3) is 4.44. The number of hydrogen-bond acceptors (Lipinski definition) is 3. The Kier molecular flexibility index (Phi) is 5.79. The van der Waals surface area contributed by atoms with Crippen LogP contribution in [-0.2, 0) is 26.7 Å². The van der Waals surface area contributed by atoms with Gasteiger partial charge >= 0.3 is 12.4 Å². The van der Waals surface area contributed by atoms with Gasteiger partial charge in [-0.3, -0.25) is 9.59 Å². The second kappa shape index (κ2) is 8.23. The molecular weight excluding hydrogens is 471 g/mol. The molecule has 180 valence electrons. The van der Waals surface area contributed by atoms with Gasteiger partial charge in [0, 0.05) is 11.3 Å². The highest BCUT2D eigenvalue weighted by Gasteiger charge is 2.45. The summed E-state index contributed by atoms with van der Waals surface area (Å²) < 4.78 is 98.7. The fraction of sp³-hybridized carbons (Fsp3) is 0.304. The number of nitrogens with zero attached hydrogens (tertiary/aromatic N) is 1. The maximum Gasteiger partial charge on any atom is 0.416 e. The van der Waals surface area contributed by atoms with Gasteiger partial charge in [0.05, 0.1) is 30.2 Å². The van der Waals surface area contributed by atoms with E-state index in [4.69, 9.17) is 4.74 Å². The van der Waals surface area contributed by atoms with E-state index in [1.54, 1.807) is 0 Å². The SMILES string of the molecule is C[C@@H](O[C@H]1CN2C(=O)C(=O)CC2=C1c1ccc(F)cc1)c1cc(C(F)(F)F)cc(C(F)(F)F)c1. The van der Waals surface area contributed by atoms with E-state index in [1.165, 1.54) is 24.0 Å². The predicted molar refractivity (Wildman–Crippen MR) is 104 cm³/mol. The number of alkyl halides is 6. The Hall–Kier alpha value is -3.21. The maximum atomic E-state index is 13.4. The van der Waals surface area contributed by atoms with Gasteiger partial charge in [-0.15, -0.1) is 0 Å². The Balaban J connectivity index is 1.71. The summed E-state index contributed by atoms with van der Waals surface area (Å²) in [4.78, 5) is 25.3. The molecule has 2 aromatic carbocycles. The van der Waals surface area contributed by atoms with Gasteiger partial charge in [-0.25, -0.2) is 4.39 Å². The van der Waals surface area contributed by atoms with Crippen LogP contribution in [0.5, 0.6) is 0 Å². The van der Waals surface area contributed by atoms with Crippen molar-refractivity contribution in [3.63, 3.8) is 0 Å². The molecule has 1 saturated heterocycles. The third-order valence-electron chi connectivity index (χ3n) is 5.72. The van der Waals surface area contributed by atoms with E-state index in [2.05, 4.69) is 0 Å². The number of hydrogen-bond donors (Lipinski definition) is 0. The van der Waals surface area contributed by atoms with E-state index in [9.17, 15) is 40.3 Å². The maximum absolute atomic E-state index is 13.4. The number of ether oxygens (including phenoxy) is 1. The van der Waals surface area contributed by atoms with E-state index in [0.717, 1.165) is 12.1 Å². The molecule has 0 spiro atoms. The number of amides is 1. The number of ketones is 1. The fourth-order valence-corrected chi connectivity index (χ4v) is 4.10. The number of Topliss-reactive ketones (excluding diaryl/α,β-unsaturated/α-hetero) is 1. The quantitative estimate of drug-likeness (QED) is 0.421. The fourth-order valence-electron chi connectivity index (χ4n) is 4.10. The second-order valence-corrected chi connectivity index (χ2v) is 7.99. The zero-order chi connectivity index (χ0) is 25.0. The monoisotopic (exact) mass is 487 g/mol. The molecule has 1 fully saturated rings. The summed E-state index contributed by atoms with van der Waals surface area (Å²) in [5.41, 5.74) is -2.22. The number of rotatable bonds is 4. The summed E-state index contributed by atoms with van der Waals surface area (Å²) in [6.07, 6.45) is -12.5. The topological polar surface area (TPSA) is 46.6 Å². The Labute approximate surface area is 188 Å². The number of carbonyl (C=O) groups is 2. The minimum Gasteiger partial charge on any atom is -0.364 e. The van der Waals surface area contributed by atoms with Crippen LogP contribution in [0.2, 0.25) is 0 Å². The van der Waals surface area contributed by atoms with Crippen molar-refractivity contribution in [1.82, 2.24) is 4.90 Å². The molecule has 2 aliphatic heterocycles. The first-order valence-corrected chi connectivity index (χ1v) is 10.0. The molecule has 0 aliphatic carbocycles. The normalized spacial score (nSPS) is 19.8. The van der Waals surface area contributed by atoms with Crippen molar-refractivity contribution in [3.05, 3.63) is 76.2 Å². The predicted octanol–water partition coefficient (Wildman–Crippen LogP) is 5.54. The van der Waals surface area contributed by atoms with Crippen LogP contribution in [0.25, 0.3) is 5.57 Å². The molecule has 0 radical (unpaired) electrons. The first-order valence-electron chi connectivity index (χ1n) is 10.0. The number of allylic oxidation sites excluding steroid dienone is 1. The van der Waals surface area contributed by atoms with Crippen molar-refractivity contribution in [2.24, 2.45) is 0 Å². The Morgan fingerprint density at radius 2 is 1.50 bits per heavy atom. The Bertz CT molecular complexity index is 1150. The highest BCUT2D eigenvalue weighted by molar-refractivity contribution is 6.40. The van der Waals surface area contributed by atoms with Gasteiger partial charge in [0.1, 0.15) is 11.9 Å². The summed E-state index contributed by atoms with van der Waals surface area (Å²) in [7, 11) is 0. The number of halogens is 7. The van der Waals surface area contributed by atoms with E-state index >= 15 is 0 Å². The van der Waals surface area contributed by atoms with Crippen molar-refractivity contribution in [2.75, 3.05) is 6.54 Å². The molecule has 0 bridgehead atoms. The molecule has 0 saturated carbocycles. The lowest BCUT2D eigenvalue weighted by molar-refractivity contribution is -0.143.